The van der Waals surface area contributed by atoms with Crippen molar-refractivity contribution in [3.63, 3.8) is 0 Å². The van der Waals surface area contributed by atoms with Gasteiger partial charge in [0.15, 0.2) is 5.96 Å². The molecule has 1 aromatic carbocycles. The molecule has 1 aromatic rings. The van der Waals surface area contributed by atoms with Gasteiger partial charge in [-0.2, -0.15) is 0 Å². The zero-order valence-electron chi connectivity index (χ0n) is 9.37. The molecule has 0 heterocycles. The summed E-state index contributed by atoms with van der Waals surface area (Å²) < 4.78 is 5.14. The number of methoxy groups -OCH3 is 1. The third kappa shape index (κ3) is 3.50. The predicted octanol–water partition coefficient (Wildman–Crippen LogP) is 0.990. The number of nitrogens with zero attached hydrogens (tertiary/aromatic N) is 1. The highest BCUT2D eigenvalue weighted by Crippen LogP contribution is 2.11. The third-order valence-corrected chi connectivity index (χ3v) is 2.05. The highest BCUT2D eigenvalue weighted by molar-refractivity contribution is 5.79. The zero-order valence-corrected chi connectivity index (χ0v) is 9.37. The van der Waals surface area contributed by atoms with Gasteiger partial charge < -0.3 is 15.4 Å². The smallest absolute Gasteiger partial charge is 0.190 e. The average molecular weight is 207 g/mol. The van der Waals surface area contributed by atoms with Crippen LogP contribution in [0.25, 0.3) is 0 Å². The average Bonchev–Trinajstić information content (AvgIpc) is 2.31. The van der Waals surface area contributed by atoms with Crippen LogP contribution in [0.2, 0.25) is 0 Å². The molecule has 0 fully saturated rings. The zero-order chi connectivity index (χ0) is 11.1. The predicted molar refractivity (Wildman–Crippen MR) is 62.3 cm³/mol. The van der Waals surface area contributed by atoms with Gasteiger partial charge >= 0.3 is 0 Å². The molecule has 4 nitrogen and oxygen atoms in total. The molecule has 0 aromatic heterocycles. The summed E-state index contributed by atoms with van der Waals surface area (Å²) in [6, 6.07) is 7.93. The van der Waals surface area contributed by atoms with E-state index in [9.17, 15) is 0 Å². The molecule has 0 aliphatic rings. The lowest BCUT2D eigenvalue weighted by Gasteiger charge is -2.09. The van der Waals surface area contributed by atoms with Crippen molar-refractivity contribution in [1.82, 2.24) is 10.6 Å². The van der Waals surface area contributed by atoms with Crippen LogP contribution in [0.3, 0.4) is 0 Å². The molecule has 0 radical (unpaired) electrons. The Hall–Kier alpha value is -1.71. The van der Waals surface area contributed by atoms with Crippen molar-refractivity contribution in [2.24, 2.45) is 4.99 Å². The molecule has 0 saturated heterocycles. The molecular formula is C11H17N3O. The summed E-state index contributed by atoms with van der Waals surface area (Å²) in [6.45, 7) is 0.727. The lowest BCUT2D eigenvalue weighted by molar-refractivity contribution is 0.414. The maximum Gasteiger partial charge on any atom is 0.190 e. The van der Waals surface area contributed by atoms with E-state index < -0.39 is 0 Å². The van der Waals surface area contributed by atoms with E-state index in [4.69, 9.17) is 4.74 Å². The number of benzene rings is 1. The molecule has 0 atom stereocenters. The van der Waals surface area contributed by atoms with Gasteiger partial charge in [0.05, 0.1) is 7.11 Å². The first-order chi connectivity index (χ1) is 7.30. The van der Waals surface area contributed by atoms with Crippen molar-refractivity contribution in [2.45, 2.75) is 6.54 Å². The molecular weight excluding hydrogens is 190 g/mol. The van der Waals surface area contributed by atoms with Crippen molar-refractivity contribution in [1.29, 1.82) is 0 Å². The number of rotatable bonds is 3. The Labute approximate surface area is 90.4 Å². The molecule has 0 saturated carbocycles. The number of hydrogen-bond acceptors (Lipinski definition) is 2. The summed E-state index contributed by atoms with van der Waals surface area (Å²) in [4.78, 5) is 4.03. The van der Waals surface area contributed by atoms with Gasteiger partial charge in [0.2, 0.25) is 0 Å². The van der Waals surface area contributed by atoms with E-state index in [2.05, 4.69) is 15.6 Å². The van der Waals surface area contributed by atoms with Crippen LogP contribution >= 0.6 is 0 Å². The molecule has 0 aliphatic heterocycles. The molecule has 0 amide bonds. The Bertz CT molecular complexity index is 336. The Morgan fingerprint density at radius 2 is 2.27 bits per heavy atom. The monoisotopic (exact) mass is 207 g/mol. The van der Waals surface area contributed by atoms with Gasteiger partial charge in [0, 0.05) is 20.6 Å². The van der Waals surface area contributed by atoms with Crippen LogP contribution in [-0.2, 0) is 6.54 Å². The summed E-state index contributed by atoms with van der Waals surface area (Å²) in [6.07, 6.45) is 0. The first-order valence-electron chi connectivity index (χ1n) is 4.81. The Kier molecular flexibility index (Phi) is 4.47. The largest absolute Gasteiger partial charge is 0.497 e. The summed E-state index contributed by atoms with van der Waals surface area (Å²) in [5.74, 6) is 1.64. The summed E-state index contributed by atoms with van der Waals surface area (Å²) in [7, 11) is 5.24. The molecule has 15 heavy (non-hydrogen) atoms. The second-order valence-corrected chi connectivity index (χ2v) is 3.03. The van der Waals surface area contributed by atoms with Gasteiger partial charge in [-0.25, -0.2) is 0 Å². The van der Waals surface area contributed by atoms with Gasteiger partial charge in [0.25, 0.3) is 0 Å². The number of nitrogens with one attached hydrogen (secondary N) is 2. The second-order valence-electron chi connectivity index (χ2n) is 3.03. The fourth-order valence-corrected chi connectivity index (χ4v) is 1.25. The number of aliphatic imine (C=N–C) groups is 1. The van der Waals surface area contributed by atoms with E-state index in [1.165, 1.54) is 0 Å². The van der Waals surface area contributed by atoms with Gasteiger partial charge in [-0.1, -0.05) is 12.1 Å². The Balaban J connectivity index is 2.57. The number of guanidine groups is 1. The highest BCUT2D eigenvalue weighted by atomic mass is 16.5. The fraction of sp³-hybridized carbons (Fsp3) is 0.364. The van der Waals surface area contributed by atoms with Crippen LogP contribution < -0.4 is 15.4 Å². The normalized spacial score (nSPS) is 11.0. The first-order valence-corrected chi connectivity index (χ1v) is 4.81. The Morgan fingerprint density at radius 1 is 1.47 bits per heavy atom. The van der Waals surface area contributed by atoms with E-state index in [0.29, 0.717) is 0 Å². The van der Waals surface area contributed by atoms with E-state index in [1.807, 2.05) is 31.3 Å². The second kappa shape index (κ2) is 5.90. The first kappa shape index (κ1) is 11.4. The molecule has 0 aliphatic carbocycles. The van der Waals surface area contributed by atoms with Crippen LogP contribution in [0.4, 0.5) is 0 Å². The van der Waals surface area contributed by atoms with E-state index in [1.54, 1.807) is 14.2 Å². The van der Waals surface area contributed by atoms with Crippen LogP contribution in [0.1, 0.15) is 5.56 Å². The summed E-state index contributed by atoms with van der Waals surface area (Å²) in [5, 5.41) is 6.13. The van der Waals surface area contributed by atoms with Crippen molar-refractivity contribution in [2.75, 3.05) is 21.2 Å². The lowest BCUT2D eigenvalue weighted by atomic mass is 10.2. The minimum Gasteiger partial charge on any atom is -0.497 e. The molecule has 0 unspecified atom stereocenters. The topological polar surface area (TPSA) is 45.7 Å². The standard InChI is InChI=1S/C11H17N3O/c1-12-11(13-2)14-8-9-5-4-6-10(7-9)15-3/h4-7H,8H2,1-3H3,(H2,12,13,14). The molecule has 0 bridgehead atoms. The maximum absolute atomic E-state index is 5.14. The Morgan fingerprint density at radius 3 is 2.87 bits per heavy atom. The van der Waals surface area contributed by atoms with Gasteiger partial charge in [-0.3, -0.25) is 4.99 Å². The number of hydrogen-bond donors (Lipinski definition) is 2. The SMILES string of the molecule is CN=C(NC)NCc1cccc(OC)c1. The molecule has 2 N–H and O–H groups in total. The molecule has 82 valence electrons. The molecule has 1 rings (SSSR count). The van der Waals surface area contributed by atoms with Crippen molar-refractivity contribution in [3.05, 3.63) is 29.8 Å². The molecule has 0 spiro atoms. The minimum absolute atomic E-state index is 0.727. The fourth-order valence-electron chi connectivity index (χ4n) is 1.25. The van der Waals surface area contributed by atoms with Gasteiger partial charge in [-0.05, 0) is 17.7 Å². The highest BCUT2D eigenvalue weighted by Gasteiger charge is 1.97. The van der Waals surface area contributed by atoms with Crippen molar-refractivity contribution in [3.8, 4) is 5.75 Å². The van der Waals surface area contributed by atoms with Gasteiger partial charge in [-0.15, -0.1) is 0 Å². The van der Waals surface area contributed by atoms with Crippen LogP contribution in [0.5, 0.6) is 5.75 Å². The molecule has 4 heteroatoms. The number of ether oxygens (including phenoxy) is 1. The van der Waals surface area contributed by atoms with Crippen LogP contribution in [-0.4, -0.2) is 27.2 Å². The van der Waals surface area contributed by atoms with Crippen LogP contribution in [0.15, 0.2) is 29.3 Å². The van der Waals surface area contributed by atoms with E-state index in [-0.39, 0.29) is 0 Å². The maximum atomic E-state index is 5.14. The van der Waals surface area contributed by atoms with Crippen molar-refractivity contribution < 1.29 is 4.74 Å². The summed E-state index contributed by atoms with van der Waals surface area (Å²) >= 11 is 0. The quantitative estimate of drug-likeness (QED) is 0.574. The van der Waals surface area contributed by atoms with Gasteiger partial charge in [0.1, 0.15) is 5.75 Å². The minimum atomic E-state index is 0.727. The van der Waals surface area contributed by atoms with E-state index >= 15 is 0 Å². The van der Waals surface area contributed by atoms with E-state index in [0.717, 1.165) is 23.8 Å². The lowest BCUT2D eigenvalue weighted by Crippen LogP contribution is -2.34. The van der Waals surface area contributed by atoms with Crippen LogP contribution in [0, 0.1) is 0 Å². The summed E-state index contributed by atoms with van der Waals surface area (Å²) in [5.41, 5.74) is 1.16. The van der Waals surface area contributed by atoms with Crippen molar-refractivity contribution >= 4 is 5.96 Å². The third-order valence-electron chi connectivity index (χ3n) is 2.05.